The van der Waals surface area contributed by atoms with E-state index in [9.17, 15) is 19.2 Å². The lowest BCUT2D eigenvalue weighted by Crippen LogP contribution is -2.47. The topological polar surface area (TPSA) is 114 Å². The van der Waals surface area contributed by atoms with Gasteiger partial charge in [0.25, 0.3) is 5.91 Å². The van der Waals surface area contributed by atoms with Crippen LogP contribution in [0.3, 0.4) is 0 Å². The third kappa shape index (κ3) is 8.62. The van der Waals surface area contributed by atoms with Gasteiger partial charge in [-0.3, -0.25) is 19.7 Å². The van der Waals surface area contributed by atoms with Gasteiger partial charge in [-0.15, -0.1) is 0 Å². The highest BCUT2D eigenvalue weighted by molar-refractivity contribution is 5.97. The van der Waals surface area contributed by atoms with Gasteiger partial charge in [-0.05, 0) is 32.4 Å². The van der Waals surface area contributed by atoms with Crippen molar-refractivity contribution in [3.63, 3.8) is 0 Å². The molecule has 1 rings (SSSR count). The molecule has 1 aromatic rings. The highest BCUT2D eigenvalue weighted by Gasteiger charge is 2.20. The number of hydrogen-bond donors (Lipinski definition) is 3. The van der Waals surface area contributed by atoms with Crippen LogP contribution in [0.5, 0.6) is 0 Å². The molecular weight excluding hydrogens is 338 g/mol. The van der Waals surface area contributed by atoms with Crippen molar-refractivity contribution in [3.8, 4) is 0 Å². The Balaban J connectivity index is 2.34. The van der Waals surface area contributed by atoms with Gasteiger partial charge < -0.3 is 15.4 Å². The normalized spacial score (nSPS) is 11.7. The summed E-state index contributed by atoms with van der Waals surface area (Å²) in [7, 11) is 0. The van der Waals surface area contributed by atoms with Crippen molar-refractivity contribution < 1.29 is 23.9 Å². The fraction of sp³-hybridized carbons (Fsp3) is 0.333. The predicted molar refractivity (Wildman–Crippen MR) is 95.9 cm³/mol. The van der Waals surface area contributed by atoms with E-state index < -0.39 is 36.5 Å². The van der Waals surface area contributed by atoms with Crippen LogP contribution in [0, 0.1) is 0 Å². The molecule has 0 aliphatic carbocycles. The molecule has 0 aliphatic heterocycles. The molecule has 0 saturated heterocycles. The first kappa shape index (κ1) is 20.9. The van der Waals surface area contributed by atoms with Crippen LogP contribution in [0.15, 0.2) is 36.4 Å². The minimum absolute atomic E-state index is 0.139. The predicted octanol–water partition coefficient (Wildman–Crippen LogP) is 0.982. The van der Waals surface area contributed by atoms with E-state index >= 15 is 0 Å². The number of urea groups is 1. The summed E-state index contributed by atoms with van der Waals surface area (Å²) < 4.78 is 4.86. The highest BCUT2D eigenvalue weighted by Crippen LogP contribution is 2.00. The van der Waals surface area contributed by atoms with Crippen LogP contribution < -0.4 is 16.0 Å². The van der Waals surface area contributed by atoms with Gasteiger partial charge in [0.05, 0.1) is 0 Å². The van der Waals surface area contributed by atoms with E-state index in [4.69, 9.17) is 4.74 Å². The number of ether oxygens (including phenoxy) is 1. The van der Waals surface area contributed by atoms with E-state index in [1.54, 1.807) is 19.9 Å². The van der Waals surface area contributed by atoms with Crippen LogP contribution in [0.1, 0.15) is 26.3 Å². The standard InChI is InChI=1S/C18H23N3O5/c1-12(2)20-18(25)21-17(24)13(3)26-16(23)11-19-15(22)10-9-14-7-5-4-6-8-14/h4-10,12-13H,11H2,1-3H3,(H,19,22)(H2,20,21,24,25)/b10-9+/t13-/m0/s1. The summed E-state index contributed by atoms with van der Waals surface area (Å²) in [5.41, 5.74) is 0.843. The molecule has 4 amide bonds. The fourth-order valence-electron chi connectivity index (χ4n) is 1.76. The summed E-state index contributed by atoms with van der Waals surface area (Å²) in [5.74, 6) is -2.02. The van der Waals surface area contributed by atoms with Gasteiger partial charge in [0.2, 0.25) is 5.91 Å². The van der Waals surface area contributed by atoms with Crippen molar-refractivity contribution in [2.75, 3.05) is 6.54 Å². The van der Waals surface area contributed by atoms with Crippen LogP contribution >= 0.6 is 0 Å². The molecule has 0 unspecified atom stereocenters. The molecule has 1 atom stereocenters. The molecule has 0 aliphatic rings. The molecule has 140 valence electrons. The Morgan fingerprint density at radius 2 is 1.73 bits per heavy atom. The number of carbonyl (C=O) groups excluding carboxylic acids is 4. The molecule has 0 spiro atoms. The third-order valence-corrected chi connectivity index (χ3v) is 2.97. The van der Waals surface area contributed by atoms with Crippen molar-refractivity contribution in [2.45, 2.75) is 32.9 Å². The second kappa shape index (κ2) is 10.7. The van der Waals surface area contributed by atoms with Crippen LogP contribution in [0.4, 0.5) is 4.79 Å². The lowest BCUT2D eigenvalue weighted by molar-refractivity contribution is -0.154. The monoisotopic (exact) mass is 361 g/mol. The van der Waals surface area contributed by atoms with Crippen LogP contribution in [0.25, 0.3) is 6.08 Å². The molecule has 0 heterocycles. The zero-order valence-electron chi connectivity index (χ0n) is 14.9. The Bertz CT molecular complexity index is 671. The summed E-state index contributed by atoms with van der Waals surface area (Å²) in [6, 6.07) is 8.37. The van der Waals surface area contributed by atoms with E-state index in [-0.39, 0.29) is 6.04 Å². The summed E-state index contributed by atoms with van der Waals surface area (Å²) in [5, 5.41) is 6.88. The van der Waals surface area contributed by atoms with Gasteiger partial charge in [0, 0.05) is 12.1 Å². The van der Waals surface area contributed by atoms with E-state index in [1.165, 1.54) is 13.0 Å². The van der Waals surface area contributed by atoms with Crippen molar-refractivity contribution >= 4 is 29.9 Å². The summed E-state index contributed by atoms with van der Waals surface area (Å²) in [6.45, 7) is 4.41. The highest BCUT2D eigenvalue weighted by atomic mass is 16.5. The lowest BCUT2D eigenvalue weighted by atomic mass is 10.2. The molecular formula is C18H23N3O5. The summed E-state index contributed by atoms with van der Waals surface area (Å²) >= 11 is 0. The Morgan fingerprint density at radius 3 is 2.35 bits per heavy atom. The van der Waals surface area contributed by atoms with Crippen LogP contribution in [-0.2, 0) is 19.1 Å². The van der Waals surface area contributed by atoms with E-state index in [1.807, 2.05) is 30.3 Å². The Labute approximate surface area is 152 Å². The molecule has 3 N–H and O–H groups in total. The lowest BCUT2D eigenvalue weighted by Gasteiger charge is -2.14. The SMILES string of the molecule is CC(C)NC(=O)NC(=O)[C@H](C)OC(=O)CNC(=O)/C=C/c1ccccc1. The van der Waals surface area contributed by atoms with E-state index in [0.717, 1.165) is 5.56 Å². The quantitative estimate of drug-likeness (QED) is 0.495. The molecule has 26 heavy (non-hydrogen) atoms. The second-order valence-electron chi connectivity index (χ2n) is 5.71. The first-order valence-electron chi connectivity index (χ1n) is 8.09. The minimum Gasteiger partial charge on any atom is -0.451 e. The van der Waals surface area contributed by atoms with Crippen molar-refractivity contribution in [2.24, 2.45) is 0 Å². The number of benzene rings is 1. The number of nitrogens with one attached hydrogen (secondary N) is 3. The number of hydrogen-bond acceptors (Lipinski definition) is 5. The minimum atomic E-state index is -1.17. The fourth-order valence-corrected chi connectivity index (χ4v) is 1.76. The first-order chi connectivity index (χ1) is 12.3. The maximum absolute atomic E-state index is 11.7. The van der Waals surface area contributed by atoms with E-state index in [0.29, 0.717) is 0 Å². The second-order valence-corrected chi connectivity index (χ2v) is 5.71. The summed E-state index contributed by atoms with van der Waals surface area (Å²) in [4.78, 5) is 46.4. The van der Waals surface area contributed by atoms with Gasteiger partial charge in [-0.2, -0.15) is 0 Å². The van der Waals surface area contributed by atoms with Gasteiger partial charge >= 0.3 is 12.0 Å². The molecule has 0 bridgehead atoms. The molecule has 0 fully saturated rings. The molecule has 1 aromatic carbocycles. The first-order valence-corrected chi connectivity index (χ1v) is 8.09. The zero-order chi connectivity index (χ0) is 19.5. The van der Waals surface area contributed by atoms with E-state index in [2.05, 4.69) is 16.0 Å². The van der Waals surface area contributed by atoms with Crippen molar-refractivity contribution in [1.29, 1.82) is 0 Å². The smallest absolute Gasteiger partial charge is 0.326 e. The van der Waals surface area contributed by atoms with Crippen LogP contribution in [0.2, 0.25) is 0 Å². The number of esters is 1. The zero-order valence-corrected chi connectivity index (χ0v) is 14.9. The largest absolute Gasteiger partial charge is 0.451 e. The van der Waals surface area contributed by atoms with Crippen molar-refractivity contribution in [1.82, 2.24) is 16.0 Å². The van der Waals surface area contributed by atoms with Gasteiger partial charge in [-0.25, -0.2) is 4.79 Å². The average molecular weight is 361 g/mol. The van der Waals surface area contributed by atoms with Crippen molar-refractivity contribution in [3.05, 3.63) is 42.0 Å². The average Bonchev–Trinajstić information content (AvgIpc) is 2.58. The van der Waals surface area contributed by atoms with Gasteiger partial charge in [0.1, 0.15) is 6.54 Å². The summed E-state index contributed by atoms with van der Waals surface area (Å²) in [6.07, 6.45) is 1.72. The maximum Gasteiger partial charge on any atom is 0.326 e. The third-order valence-electron chi connectivity index (χ3n) is 2.97. The van der Waals surface area contributed by atoms with Crippen LogP contribution in [-0.4, -0.2) is 42.5 Å². The number of imide groups is 1. The number of amides is 4. The van der Waals surface area contributed by atoms with Gasteiger partial charge in [-0.1, -0.05) is 30.3 Å². The van der Waals surface area contributed by atoms with Gasteiger partial charge in [0.15, 0.2) is 6.10 Å². The number of rotatable bonds is 7. The maximum atomic E-state index is 11.7. The Kier molecular flexibility index (Phi) is 8.56. The Hall–Kier alpha value is -3.16. The molecule has 8 nitrogen and oxygen atoms in total. The molecule has 0 aromatic heterocycles. The Morgan fingerprint density at radius 1 is 1.08 bits per heavy atom. The molecule has 0 radical (unpaired) electrons. The molecule has 8 heteroatoms. The number of carbonyl (C=O) groups is 4. The molecule has 0 saturated carbocycles.